The highest BCUT2D eigenvalue weighted by atomic mass is 16.5. The summed E-state index contributed by atoms with van der Waals surface area (Å²) < 4.78 is 8.53. The molecule has 1 aliphatic carbocycles. The van der Waals surface area contributed by atoms with Crippen LogP contribution < -0.4 is 10.9 Å². The molecule has 1 unspecified atom stereocenters. The summed E-state index contributed by atoms with van der Waals surface area (Å²) in [5, 5.41) is 6.56. The molecule has 7 heteroatoms. The molecule has 3 rings (SSSR count). The zero-order chi connectivity index (χ0) is 21.2. The first kappa shape index (κ1) is 21.0. The van der Waals surface area contributed by atoms with Gasteiger partial charge in [0.25, 0.3) is 11.5 Å². The highest BCUT2D eigenvalue weighted by molar-refractivity contribution is 5.92. The van der Waals surface area contributed by atoms with E-state index in [2.05, 4.69) is 22.3 Å². The second kappa shape index (κ2) is 8.32. The summed E-state index contributed by atoms with van der Waals surface area (Å²) in [7, 11) is 1.91. The van der Waals surface area contributed by atoms with Crippen LogP contribution in [0.2, 0.25) is 0 Å². The number of carbonyl (C=O) groups is 1. The van der Waals surface area contributed by atoms with Crippen LogP contribution in [0.15, 0.2) is 21.6 Å². The second-order valence-corrected chi connectivity index (χ2v) is 8.77. The van der Waals surface area contributed by atoms with E-state index in [0.717, 1.165) is 31.4 Å². The van der Waals surface area contributed by atoms with E-state index >= 15 is 0 Å². The number of aromatic nitrogens is 3. The summed E-state index contributed by atoms with van der Waals surface area (Å²) in [6.07, 6.45) is 6.82. The van der Waals surface area contributed by atoms with Gasteiger partial charge in [-0.3, -0.25) is 14.3 Å². The molecule has 0 saturated heterocycles. The summed E-state index contributed by atoms with van der Waals surface area (Å²) in [5.74, 6) is 5.88. The van der Waals surface area contributed by atoms with Crippen LogP contribution in [0.3, 0.4) is 0 Å². The van der Waals surface area contributed by atoms with Gasteiger partial charge in [0.15, 0.2) is 5.69 Å². The Hall–Kier alpha value is -2.75. The molecular formula is C22H30N4O3. The van der Waals surface area contributed by atoms with Crippen LogP contribution in [-0.2, 0) is 7.05 Å². The number of nitrogens with one attached hydrogen (secondary N) is 1. The maximum absolute atomic E-state index is 13.4. The topological polar surface area (TPSA) is 82.1 Å². The fourth-order valence-electron chi connectivity index (χ4n) is 3.82. The van der Waals surface area contributed by atoms with E-state index in [0.29, 0.717) is 5.56 Å². The smallest absolute Gasteiger partial charge is 0.274 e. The largest absolute Gasteiger partial charge is 0.364 e. The normalized spacial score (nSPS) is 16.2. The van der Waals surface area contributed by atoms with Crippen LogP contribution in [-0.4, -0.2) is 20.4 Å². The van der Waals surface area contributed by atoms with Crippen molar-refractivity contribution in [1.82, 2.24) is 19.8 Å². The van der Waals surface area contributed by atoms with Gasteiger partial charge >= 0.3 is 0 Å². The Morgan fingerprint density at radius 2 is 2.00 bits per heavy atom. The number of nitrogens with zero attached hydrogens (tertiary/aromatic N) is 3. The van der Waals surface area contributed by atoms with Crippen molar-refractivity contribution in [3.63, 3.8) is 0 Å². The Bertz CT molecular complexity index is 974. The van der Waals surface area contributed by atoms with Crippen LogP contribution in [0.4, 0.5) is 0 Å². The summed E-state index contributed by atoms with van der Waals surface area (Å²) >= 11 is 0. The molecule has 0 aliphatic heterocycles. The predicted molar refractivity (Wildman–Crippen MR) is 110 cm³/mol. The molecule has 1 fully saturated rings. The van der Waals surface area contributed by atoms with E-state index in [1.807, 2.05) is 44.1 Å². The average Bonchev–Trinajstić information content (AvgIpc) is 3.27. The summed E-state index contributed by atoms with van der Waals surface area (Å²) in [5.41, 5.74) is 1.15. The number of hydrogen-bond donors (Lipinski definition) is 1. The summed E-state index contributed by atoms with van der Waals surface area (Å²) in [4.78, 5) is 26.0. The van der Waals surface area contributed by atoms with Gasteiger partial charge in [0.2, 0.25) is 0 Å². The van der Waals surface area contributed by atoms with Gasteiger partial charge in [0.1, 0.15) is 12.3 Å². The zero-order valence-electron chi connectivity index (χ0n) is 17.9. The SMILES string of the molecule is Cc1c(C(C#CC(C)(C)C)NC(=O)c2ccon2)c(=O)n(C2CCCCC2)n1C. The predicted octanol–water partition coefficient (Wildman–Crippen LogP) is 3.51. The lowest BCUT2D eigenvalue weighted by Gasteiger charge is -2.24. The quantitative estimate of drug-likeness (QED) is 0.799. The van der Waals surface area contributed by atoms with Gasteiger partial charge in [-0.25, -0.2) is 4.68 Å². The second-order valence-electron chi connectivity index (χ2n) is 8.77. The van der Waals surface area contributed by atoms with Crippen LogP contribution >= 0.6 is 0 Å². The van der Waals surface area contributed by atoms with Crippen LogP contribution in [0.1, 0.15) is 86.7 Å². The third kappa shape index (κ3) is 4.64. The highest BCUT2D eigenvalue weighted by Gasteiger charge is 2.28. The van der Waals surface area contributed by atoms with E-state index < -0.39 is 11.9 Å². The maximum atomic E-state index is 13.4. The standard InChI is InChI=1S/C22H30N4O3/c1-15-19(21(28)26(25(15)5)16-9-7-6-8-10-16)17(11-13-22(2,3)4)23-20(27)18-12-14-29-24-18/h12,14,16-17H,6-10H2,1-5H3,(H,23,27). The lowest BCUT2D eigenvalue weighted by molar-refractivity contribution is 0.0936. The molecular weight excluding hydrogens is 368 g/mol. The molecule has 156 valence electrons. The number of carbonyl (C=O) groups excluding carboxylic acids is 1. The molecule has 1 amide bonds. The Labute approximate surface area is 171 Å². The first-order valence-corrected chi connectivity index (χ1v) is 10.2. The molecule has 0 radical (unpaired) electrons. The van der Waals surface area contributed by atoms with Crippen molar-refractivity contribution in [3.8, 4) is 11.8 Å². The minimum atomic E-state index is -0.720. The molecule has 2 heterocycles. The molecule has 0 bridgehead atoms. The van der Waals surface area contributed by atoms with Crippen LogP contribution in [0.5, 0.6) is 0 Å². The van der Waals surface area contributed by atoms with Crippen molar-refractivity contribution in [1.29, 1.82) is 0 Å². The van der Waals surface area contributed by atoms with Crippen molar-refractivity contribution in [2.45, 2.75) is 71.9 Å². The van der Waals surface area contributed by atoms with Gasteiger partial charge in [0.05, 0.1) is 11.6 Å². The van der Waals surface area contributed by atoms with Crippen molar-refractivity contribution in [2.75, 3.05) is 0 Å². The molecule has 1 saturated carbocycles. The van der Waals surface area contributed by atoms with Crippen LogP contribution in [0, 0.1) is 24.2 Å². The van der Waals surface area contributed by atoms with E-state index in [9.17, 15) is 9.59 Å². The van der Waals surface area contributed by atoms with Crippen molar-refractivity contribution in [3.05, 3.63) is 39.6 Å². The Morgan fingerprint density at radius 3 is 2.59 bits per heavy atom. The molecule has 1 N–H and O–H groups in total. The average molecular weight is 399 g/mol. The molecule has 7 nitrogen and oxygen atoms in total. The lowest BCUT2D eigenvalue weighted by Crippen LogP contribution is -2.34. The number of hydrogen-bond acceptors (Lipinski definition) is 4. The summed E-state index contributed by atoms with van der Waals surface area (Å²) in [6.45, 7) is 7.89. The molecule has 1 aliphatic rings. The van der Waals surface area contributed by atoms with Crippen molar-refractivity contribution >= 4 is 5.91 Å². The lowest BCUT2D eigenvalue weighted by atomic mass is 9.95. The van der Waals surface area contributed by atoms with Gasteiger partial charge in [-0.15, -0.1) is 0 Å². The molecule has 2 aromatic heterocycles. The minimum absolute atomic E-state index is 0.0782. The Balaban J connectivity index is 2.03. The van der Waals surface area contributed by atoms with Gasteiger partial charge in [-0.1, -0.05) is 36.3 Å². The first-order chi connectivity index (χ1) is 13.7. The van der Waals surface area contributed by atoms with E-state index in [-0.39, 0.29) is 22.7 Å². The highest BCUT2D eigenvalue weighted by Crippen LogP contribution is 2.28. The van der Waals surface area contributed by atoms with Gasteiger partial charge in [0, 0.05) is 24.2 Å². The Kier molecular flexibility index (Phi) is 6.02. The van der Waals surface area contributed by atoms with Crippen molar-refractivity contribution in [2.24, 2.45) is 12.5 Å². The fraction of sp³-hybridized carbons (Fsp3) is 0.591. The molecule has 29 heavy (non-hydrogen) atoms. The van der Waals surface area contributed by atoms with Crippen molar-refractivity contribution < 1.29 is 9.32 Å². The molecule has 2 aromatic rings. The van der Waals surface area contributed by atoms with Gasteiger partial charge in [-0.05, 0) is 40.5 Å². The molecule has 0 spiro atoms. The van der Waals surface area contributed by atoms with Gasteiger partial charge < -0.3 is 9.84 Å². The summed E-state index contributed by atoms with van der Waals surface area (Å²) in [6, 6.07) is 0.958. The first-order valence-electron chi connectivity index (χ1n) is 10.2. The van der Waals surface area contributed by atoms with Crippen LogP contribution in [0.25, 0.3) is 0 Å². The molecule has 1 atom stereocenters. The van der Waals surface area contributed by atoms with E-state index in [1.54, 1.807) is 0 Å². The maximum Gasteiger partial charge on any atom is 0.274 e. The number of rotatable bonds is 4. The van der Waals surface area contributed by atoms with E-state index in [4.69, 9.17) is 4.52 Å². The Morgan fingerprint density at radius 1 is 1.31 bits per heavy atom. The number of amides is 1. The van der Waals surface area contributed by atoms with Gasteiger partial charge in [-0.2, -0.15) is 0 Å². The third-order valence-electron chi connectivity index (χ3n) is 5.38. The molecule has 0 aromatic carbocycles. The third-order valence-corrected chi connectivity index (χ3v) is 5.38. The fourth-order valence-corrected chi connectivity index (χ4v) is 3.82. The zero-order valence-corrected chi connectivity index (χ0v) is 17.9. The van der Waals surface area contributed by atoms with E-state index in [1.165, 1.54) is 18.8 Å². The monoisotopic (exact) mass is 398 g/mol. The minimum Gasteiger partial charge on any atom is -0.364 e.